The summed E-state index contributed by atoms with van der Waals surface area (Å²) in [6, 6.07) is 7.64. The van der Waals surface area contributed by atoms with Crippen molar-refractivity contribution in [1.82, 2.24) is 0 Å². The SMILES string of the molecule is CCCC(CCO)CN=C(N)Nc1ccc(OC(C)C)cc1.I. The molecule has 0 heterocycles. The van der Waals surface area contributed by atoms with Crippen molar-refractivity contribution in [3.63, 3.8) is 0 Å². The normalized spacial score (nSPS) is 12.7. The Bertz CT molecular complexity index is 444. The van der Waals surface area contributed by atoms with E-state index < -0.39 is 0 Å². The van der Waals surface area contributed by atoms with Crippen molar-refractivity contribution in [2.75, 3.05) is 18.5 Å². The van der Waals surface area contributed by atoms with E-state index in [-0.39, 0.29) is 36.7 Å². The van der Waals surface area contributed by atoms with Gasteiger partial charge in [-0.05, 0) is 56.9 Å². The van der Waals surface area contributed by atoms with Gasteiger partial charge >= 0.3 is 0 Å². The Morgan fingerprint density at radius 3 is 2.43 bits per heavy atom. The first-order chi connectivity index (χ1) is 10.5. The number of anilines is 1. The van der Waals surface area contributed by atoms with Crippen LogP contribution in [0.2, 0.25) is 0 Å². The first kappa shape index (κ1) is 22.0. The molecule has 23 heavy (non-hydrogen) atoms. The number of rotatable bonds is 9. The van der Waals surface area contributed by atoms with Gasteiger partial charge in [-0.1, -0.05) is 13.3 Å². The van der Waals surface area contributed by atoms with E-state index in [1.54, 1.807) is 0 Å². The van der Waals surface area contributed by atoms with Gasteiger partial charge in [0.05, 0.1) is 6.10 Å². The van der Waals surface area contributed by atoms with Crippen LogP contribution in [0.3, 0.4) is 0 Å². The summed E-state index contributed by atoms with van der Waals surface area (Å²) in [5, 5.41) is 12.1. The van der Waals surface area contributed by atoms with Crippen LogP contribution in [-0.4, -0.2) is 30.3 Å². The molecule has 4 N–H and O–H groups in total. The minimum Gasteiger partial charge on any atom is -0.491 e. The van der Waals surface area contributed by atoms with Crippen LogP contribution in [0.15, 0.2) is 29.3 Å². The second-order valence-corrected chi connectivity index (χ2v) is 5.71. The third-order valence-electron chi connectivity index (χ3n) is 3.25. The zero-order valence-electron chi connectivity index (χ0n) is 14.3. The van der Waals surface area contributed by atoms with Gasteiger partial charge in [-0.2, -0.15) is 0 Å². The third kappa shape index (κ3) is 9.65. The summed E-state index contributed by atoms with van der Waals surface area (Å²) in [6.45, 7) is 6.97. The van der Waals surface area contributed by atoms with Gasteiger partial charge in [0.1, 0.15) is 5.75 Å². The van der Waals surface area contributed by atoms with E-state index in [0.29, 0.717) is 18.4 Å². The van der Waals surface area contributed by atoms with Crippen molar-refractivity contribution in [2.45, 2.75) is 46.1 Å². The summed E-state index contributed by atoms with van der Waals surface area (Å²) in [4.78, 5) is 4.37. The molecule has 0 saturated heterocycles. The fourth-order valence-electron chi connectivity index (χ4n) is 2.22. The summed E-state index contributed by atoms with van der Waals surface area (Å²) in [7, 11) is 0. The highest BCUT2D eigenvalue weighted by Crippen LogP contribution is 2.17. The Balaban J connectivity index is 0.00000484. The van der Waals surface area contributed by atoms with Gasteiger partial charge in [0.15, 0.2) is 5.96 Å². The average Bonchev–Trinajstić information content (AvgIpc) is 2.47. The van der Waals surface area contributed by atoms with Crippen molar-refractivity contribution in [2.24, 2.45) is 16.6 Å². The van der Waals surface area contributed by atoms with Crippen molar-refractivity contribution >= 4 is 35.6 Å². The van der Waals surface area contributed by atoms with Crippen LogP contribution in [0.4, 0.5) is 5.69 Å². The number of halogens is 1. The van der Waals surface area contributed by atoms with E-state index in [2.05, 4.69) is 17.2 Å². The fourth-order valence-corrected chi connectivity index (χ4v) is 2.22. The lowest BCUT2D eigenvalue weighted by molar-refractivity contribution is 0.242. The molecule has 0 spiro atoms. The lowest BCUT2D eigenvalue weighted by Gasteiger charge is -2.13. The topological polar surface area (TPSA) is 79.9 Å². The van der Waals surface area contributed by atoms with Crippen LogP contribution in [0, 0.1) is 5.92 Å². The molecule has 0 saturated carbocycles. The number of hydrogen-bond acceptors (Lipinski definition) is 3. The van der Waals surface area contributed by atoms with E-state index in [0.717, 1.165) is 30.7 Å². The Hall–Kier alpha value is -1.02. The van der Waals surface area contributed by atoms with E-state index in [4.69, 9.17) is 15.6 Å². The summed E-state index contributed by atoms with van der Waals surface area (Å²) in [5.74, 6) is 1.62. The number of aliphatic imine (C=N–C) groups is 1. The van der Waals surface area contributed by atoms with E-state index in [1.807, 2.05) is 38.1 Å². The largest absolute Gasteiger partial charge is 0.491 e. The Morgan fingerprint density at radius 1 is 1.26 bits per heavy atom. The number of nitrogens with two attached hydrogens (primary N) is 1. The highest BCUT2D eigenvalue weighted by Gasteiger charge is 2.06. The van der Waals surface area contributed by atoms with Gasteiger partial charge in [-0.25, -0.2) is 0 Å². The molecule has 0 aliphatic carbocycles. The van der Waals surface area contributed by atoms with Gasteiger partial charge < -0.3 is 20.9 Å². The smallest absolute Gasteiger partial charge is 0.193 e. The lowest BCUT2D eigenvalue weighted by Crippen LogP contribution is -2.24. The summed E-state index contributed by atoms with van der Waals surface area (Å²) in [5.41, 5.74) is 6.79. The number of nitrogens with zero attached hydrogens (tertiary/aromatic N) is 1. The van der Waals surface area contributed by atoms with Crippen LogP contribution < -0.4 is 15.8 Å². The van der Waals surface area contributed by atoms with Crippen molar-refractivity contribution in [1.29, 1.82) is 0 Å². The maximum absolute atomic E-state index is 9.04. The first-order valence-corrected chi connectivity index (χ1v) is 7.99. The quantitative estimate of drug-likeness (QED) is 0.315. The monoisotopic (exact) mass is 435 g/mol. The fraction of sp³-hybridized carbons (Fsp3) is 0.588. The van der Waals surface area contributed by atoms with Gasteiger partial charge in [-0.15, -0.1) is 24.0 Å². The minimum absolute atomic E-state index is 0. The van der Waals surface area contributed by atoms with Gasteiger partial charge in [-0.3, -0.25) is 4.99 Å². The Labute approximate surface area is 156 Å². The molecular weight excluding hydrogens is 405 g/mol. The average molecular weight is 435 g/mol. The maximum Gasteiger partial charge on any atom is 0.193 e. The molecule has 1 unspecified atom stereocenters. The van der Waals surface area contributed by atoms with Crippen LogP contribution in [0.25, 0.3) is 0 Å². The molecule has 0 aromatic heterocycles. The highest BCUT2D eigenvalue weighted by molar-refractivity contribution is 14.0. The Kier molecular flexibility index (Phi) is 11.9. The summed E-state index contributed by atoms with van der Waals surface area (Å²) in [6.07, 6.45) is 3.07. The third-order valence-corrected chi connectivity index (χ3v) is 3.25. The number of ether oxygens (including phenoxy) is 1. The molecule has 0 fully saturated rings. The molecule has 5 nitrogen and oxygen atoms in total. The number of nitrogens with one attached hydrogen (secondary N) is 1. The van der Waals surface area contributed by atoms with Gasteiger partial charge in [0, 0.05) is 18.8 Å². The van der Waals surface area contributed by atoms with Crippen molar-refractivity contribution < 1.29 is 9.84 Å². The maximum atomic E-state index is 9.04. The molecule has 0 aliphatic heterocycles. The number of benzene rings is 1. The summed E-state index contributed by atoms with van der Waals surface area (Å²) < 4.78 is 5.59. The Morgan fingerprint density at radius 2 is 1.91 bits per heavy atom. The molecule has 1 aromatic rings. The molecule has 6 heteroatoms. The van der Waals surface area contributed by atoms with Gasteiger partial charge in [0.25, 0.3) is 0 Å². The zero-order chi connectivity index (χ0) is 16.4. The molecule has 0 amide bonds. The standard InChI is InChI=1S/C17H29N3O2.HI/c1-4-5-14(10-11-21)12-19-17(18)20-15-6-8-16(9-7-15)22-13(2)3;/h6-9,13-14,21H,4-5,10-12H2,1-3H3,(H3,18,19,20);1H. The molecule has 1 atom stereocenters. The van der Waals surface area contributed by atoms with Crippen LogP contribution in [0.1, 0.15) is 40.0 Å². The molecule has 1 aromatic carbocycles. The molecule has 0 aliphatic rings. The minimum atomic E-state index is 0. The number of hydrogen-bond donors (Lipinski definition) is 3. The van der Waals surface area contributed by atoms with Crippen LogP contribution in [0.5, 0.6) is 5.75 Å². The van der Waals surface area contributed by atoms with Gasteiger partial charge in [0.2, 0.25) is 0 Å². The number of guanidine groups is 1. The second-order valence-electron chi connectivity index (χ2n) is 5.71. The van der Waals surface area contributed by atoms with Crippen LogP contribution >= 0.6 is 24.0 Å². The second kappa shape index (κ2) is 12.4. The predicted molar refractivity (Wildman–Crippen MR) is 108 cm³/mol. The first-order valence-electron chi connectivity index (χ1n) is 7.99. The molecule has 0 bridgehead atoms. The van der Waals surface area contributed by atoms with Crippen LogP contribution in [-0.2, 0) is 0 Å². The number of aliphatic hydroxyl groups is 1. The van der Waals surface area contributed by atoms with E-state index in [9.17, 15) is 0 Å². The summed E-state index contributed by atoms with van der Waals surface area (Å²) >= 11 is 0. The molecule has 132 valence electrons. The predicted octanol–water partition coefficient (Wildman–Crippen LogP) is 3.62. The van der Waals surface area contributed by atoms with E-state index in [1.165, 1.54) is 0 Å². The molecule has 0 radical (unpaired) electrons. The molecule has 1 rings (SSSR count). The highest BCUT2D eigenvalue weighted by atomic mass is 127. The molecular formula is C17H30IN3O2. The van der Waals surface area contributed by atoms with E-state index >= 15 is 0 Å². The van der Waals surface area contributed by atoms with Crippen molar-refractivity contribution in [3.8, 4) is 5.75 Å². The number of aliphatic hydroxyl groups excluding tert-OH is 1. The van der Waals surface area contributed by atoms with Crippen molar-refractivity contribution in [3.05, 3.63) is 24.3 Å². The zero-order valence-corrected chi connectivity index (χ0v) is 16.6. The lowest BCUT2D eigenvalue weighted by atomic mass is 10.0.